The predicted molar refractivity (Wildman–Crippen MR) is 54.3 cm³/mol. The zero-order valence-electron chi connectivity index (χ0n) is 7.15. The van der Waals surface area contributed by atoms with Crippen molar-refractivity contribution in [1.29, 1.82) is 0 Å². The minimum absolute atomic E-state index is 0. The van der Waals surface area contributed by atoms with Crippen molar-refractivity contribution in [2.45, 2.75) is 32.9 Å². The molecule has 68 valence electrons. The first kappa shape index (κ1) is 13.6. The summed E-state index contributed by atoms with van der Waals surface area (Å²) in [6, 6.07) is 1.22. The van der Waals surface area contributed by atoms with Gasteiger partial charge in [0, 0.05) is 12.1 Å². The van der Waals surface area contributed by atoms with Crippen LogP contribution >= 0.6 is 24.8 Å². The van der Waals surface area contributed by atoms with Crippen LogP contribution in [-0.2, 0) is 0 Å². The molecule has 0 amide bonds. The molecule has 0 bridgehead atoms. The highest BCUT2D eigenvalue weighted by molar-refractivity contribution is 5.85. The van der Waals surface area contributed by atoms with Gasteiger partial charge in [0.1, 0.15) is 0 Å². The Morgan fingerprint density at radius 3 is 2.18 bits per heavy atom. The second-order valence-corrected chi connectivity index (χ2v) is 2.87. The summed E-state index contributed by atoms with van der Waals surface area (Å²) in [7, 11) is 0. The van der Waals surface area contributed by atoms with Gasteiger partial charge in [0.25, 0.3) is 0 Å². The van der Waals surface area contributed by atoms with Crippen molar-refractivity contribution in [3.63, 3.8) is 0 Å². The van der Waals surface area contributed by atoms with E-state index in [0.717, 1.165) is 6.54 Å². The Morgan fingerprint density at radius 1 is 1.45 bits per heavy atom. The fourth-order valence-corrected chi connectivity index (χ4v) is 1.14. The summed E-state index contributed by atoms with van der Waals surface area (Å²) in [5.74, 6) is 0. The SMILES string of the molecule is CC(C)N1C=NCC1C.Cl.Cl. The molecule has 1 aliphatic heterocycles. The van der Waals surface area contributed by atoms with Crippen LogP contribution in [0.1, 0.15) is 20.8 Å². The molecule has 0 aromatic carbocycles. The maximum absolute atomic E-state index is 4.17. The van der Waals surface area contributed by atoms with Gasteiger partial charge >= 0.3 is 0 Å². The maximum Gasteiger partial charge on any atom is 0.0856 e. The van der Waals surface area contributed by atoms with Crippen molar-refractivity contribution in [2.75, 3.05) is 6.54 Å². The molecule has 0 fully saturated rings. The molecule has 0 radical (unpaired) electrons. The number of halogens is 2. The first-order valence-corrected chi connectivity index (χ1v) is 3.49. The molecule has 0 aliphatic carbocycles. The van der Waals surface area contributed by atoms with Crippen LogP contribution in [0.15, 0.2) is 4.99 Å². The molecule has 1 rings (SSSR count). The van der Waals surface area contributed by atoms with Crippen LogP contribution in [0.2, 0.25) is 0 Å². The quantitative estimate of drug-likeness (QED) is 0.630. The summed E-state index contributed by atoms with van der Waals surface area (Å²) in [6.07, 6.45) is 1.95. The van der Waals surface area contributed by atoms with Gasteiger partial charge in [-0.05, 0) is 20.8 Å². The van der Waals surface area contributed by atoms with Crippen molar-refractivity contribution in [2.24, 2.45) is 4.99 Å². The lowest BCUT2D eigenvalue weighted by molar-refractivity contribution is 0.312. The Bertz CT molecular complexity index is 126. The third kappa shape index (κ3) is 3.30. The Balaban J connectivity index is 0. The summed E-state index contributed by atoms with van der Waals surface area (Å²) in [4.78, 5) is 6.45. The van der Waals surface area contributed by atoms with Crippen molar-refractivity contribution in [1.82, 2.24) is 4.90 Å². The van der Waals surface area contributed by atoms with Gasteiger partial charge in [-0.1, -0.05) is 0 Å². The highest BCUT2D eigenvalue weighted by atomic mass is 35.5. The van der Waals surface area contributed by atoms with Crippen LogP contribution in [0.25, 0.3) is 0 Å². The van der Waals surface area contributed by atoms with E-state index in [2.05, 4.69) is 30.7 Å². The van der Waals surface area contributed by atoms with Gasteiger partial charge < -0.3 is 4.90 Å². The van der Waals surface area contributed by atoms with Crippen molar-refractivity contribution >= 4 is 31.2 Å². The van der Waals surface area contributed by atoms with E-state index in [1.165, 1.54) is 0 Å². The van der Waals surface area contributed by atoms with Crippen LogP contribution in [-0.4, -0.2) is 29.9 Å². The normalized spacial score (nSPS) is 21.5. The Kier molecular flexibility index (Phi) is 7.02. The number of nitrogens with zero attached hydrogens (tertiary/aromatic N) is 2. The van der Waals surface area contributed by atoms with E-state index < -0.39 is 0 Å². The smallest absolute Gasteiger partial charge is 0.0856 e. The average Bonchev–Trinajstić information content (AvgIpc) is 2.13. The third-order valence-corrected chi connectivity index (χ3v) is 1.69. The molecular weight excluding hydrogens is 183 g/mol. The van der Waals surface area contributed by atoms with Gasteiger partial charge in [-0.3, -0.25) is 4.99 Å². The van der Waals surface area contributed by atoms with Crippen LogP contribution < -0.4 is 0 Å². The zero-order chi connectivity index (χ0) is 6.85. The van der Waals surface area contributed by atoms with E-state index >= 15 is 0 Å². The lowest BCUT2D eigenvalue weighted by Crippen LogP contribution is -2.34. The second-order valence-electron chi connectivity index (χ2n) is 2.87. The van der Waals surface area contributed by atoms with E-state index in [0.29, 0.717) is 12.1 Å². The van der Waals surface area contributed by atoms with Gasteiger partial charge in [0.2, 0.25) is 0 Å². The molecule has 0 aromatic heterocycles. The molecule has 0 saturated carbocycles. The summed E-state index contributed by atoms with van der Waals surface area (Å²) in [5, 5.41) is 0. The summed E-state index contributed by atoms with van der Waals surface area (Å²) in [6.45, 7) is 7.55. The molecule has 1 unspecified atom stereocenters. The second kappa shape index (κ2) is 5.67. The highest BCUT2D eigenvalue weighted by Crippen LogP contribution is 2.07. The standard InChI is InChI=1S/C7H14N2.2ClH/c1-6(2)9-5-8-4-7(9)3;;/h5-7H,4H2,1-3H3;2*1H. The van der Waals surface area contributed by atoms with Crippen LogP contribution in [0.3, 0.4) is 0 Å². The molecule has 0 spiro atoms. The molecule has 1 aliphatic rings. The van der Waals surface area contributed by atoms with Gasteiger partial charge in [-0.2, -0.15) is 0 Å². The molecule has 0 N–H and O–H groups in total. The van der Waals surface area contributed by atoms with E-state index in [9.17, 15) is 0 Å². The van der Waals surface area contributed by atoms with E-state index in [4.69, 9.17) is 0 Å². The lowest BCUT2D eigenvalue weighted by atomic mass is 10.2. The van der Waals surface area contributed by atoms with Crippen LogP contribution in [0, 0.1) is 0 Å². The first-order valence-electron chi connectivity index (χ1n) is 3.49. The molecule has 4 heteroatoms. The Hall–Kier alpha value is 0.0500. The number of hydrogen-bond donors (Lipinski definition) is 0. The molecule has 0 aromatic rings. The minimum Gasteiger partial charge on any atom is -0.356 e. The van der Waals surface area contributed by atoms with Crippen LogP contribution in [0.5, 0.6) is 0 Å². The third-order valence-electron chi connectivity index (χ3n) is 1.69. The molecule has 1 heterocycles. The minimum atomic E-state index is 0. The zero-order valence-corrected chi connectivity index (χ0v) is 8.78. The van der Waals surface area contributed by atoms with Crippen molar-refractivity contribution in [3.8, 4) is 0 Å². The highest BCUT2D eigenvalue weighted by Gasteiger charge is 2.16. The maximum atomic E-state index is 4.17. The number of hydrogen-bond acceptors (Lipinski definition) is 2. The molecule has 0 saturated heterocycles. The predicted octanol–water partition coefficient (Wildman–Crippen LogP) is 1.97. The summed E-state index contributed by atoms with van der Waals surface area (Å²) < 4.78 is 0. The lowest BCUT2D eigenvalue weighted by Gasteiger charge is -2.24. The molecule has 11 heavy (non-hydrogen) atoms. The van der Waals surface area contributed by atoms with E-state index in [1.807, 2.05) is 6.34 Å². The van der Waals surface area contributed by atoms with E-state index in [-0.39, 0.29) is 24.8 Å². The van der Waals surface area contributed by atoms with Crippen LogP contribution in [0.4, 0.5) is 0 Å². The van der Waals surface area contributed by atoms with Gasteiger partial charge in [-0.15, -0.1) is 24.8 Å². The van der Waals surface area contributed by atoms with E-state index in [1.54, 1.807) is 0 Å². The molecule has 2 nitrogen and oxygen atoms in total. The largest absolute Gasteiger partial charge is 0.356 e. The van der Waals surface area contributed by atoms with Gasteiger partial charge in [0.05, 0.1) is 12.9 Å². The fourth-order valence-electron chi connectivity index (χ4n) is 1.14. The number of rotatable bonds is 1. The molecular formula is C7H16Cl2N2. The topological polar surface area (TPSA) is 15.6 Å². The Morgan fingerprint density at radius 2 is 2.00 bits per heavy atom. The summed E-state index contributed by atoms with van der Waals surface area (Å²) >= 11 is 0. The summed E-state index contributed by atoms with van der Waals surface area (Å²) in [5.41, 5.74) is 0. The molecule has 1 atom stereocenters. The number of aliphatic imine (C=N–C) groups is 1. The Labute approximate surface area is 80.9 Å². The van der Waals surface area contributed by atoms with Crippen molar-refractivity contribution in [3.05, 3.63) is 0 Å². The average molecular weight is 199 g/mol. The monoisotopic (exact) mass is 198 g/mol. The first-order chi connectivity index (χ1) is 4.22. The van der Waals surface area contributed by atoms with Crippen molar-refractivity contribution < 1.29 is 0 Å². The van der Waals surface area contributed by atoms with Gasteiger partial charge in [-0.25, -0.2) is 0 Å². The van der Waals surface area contributed by atoms with Gasteiger partial charge in [0.15, 0.2) is 0 Å². The fraction of sp³-hybridized carbons (Fsp3) is 0.857.